The van der Waals surface area contributed by atoms with Crippen LogP contribution >= 0.6 is 11.5 Å². The number of carbonyl (C=O) groups is 1. The van der Waals surface area contributed by atoms with E-state index in [-0.39, 0.29) is 30.6 Å². The molecule has 2 heterocycles. The first kappa shape index (κ1) is 18.6. The summed E-state index contributed by atoms with van der Waals surface area (Å²) in [4.78, 5) is 38.4. The minimum Gasteiger partial charge on any atom is -0.352 e. The van der Waals surface area contributed by atoms with Crippen LogP contribution in [0.2, 0.25) is 0 Å². The lowest BCUT2D eigenvalue weighted by Gasteiger charge is -2.15. The highest BCUT2D eigenvalue weighted by atomic mass is 32.1. The molecule has 3 aromatic rings. The van der Waals surface area contributed by atoms with Crippen molar-refractivity contribution in [1.82, 2.24) is 18.8 Å². The summed E-state index contributed by atoms with van der Waals surface area (Å²) < 4.78 is 6.69. The zero-order valence-electron chi connectivity index (χ0n) is 15.7. The number of hydrogen-bond donors (Lipinski definition) is 1. The molecular weight excluding hydrogens is 376 g/mol. The summed E-state index contributed by atoms with van der Waals surface area (Å²) in [6, 6.07) is 7.84. The molecule has 7 nitrogen and oxygen atoms in total. The van der Waals surface area contributed by atoms with E-state index in [0.717, 1.165) is 52.9 Å². The summed E-state index contributed by atoms with van der Waals surface area (Å²) in [5.41, 5.74) is 1.69. The lowest BCUT2D eigenvalue weighted by molar-refractivity contribution is -0.122. The molecule has 1 amide bonds. The van der Waals surface area contributed by atoms with Crippen LogP contribution in [0.5, 0.6) is 0 Å². The van der Waals surface area contributed by atoms with Crippen molar-refractivity contribution in [3.63, 3.8) is 0 Å². The second-order valence-electron chi connectivity index (χ2n) is 7.34. The summed E-state index contributed by atoms with van der Waals surface area (Å²) in [6.45, 7) is 2.02. The summed E-state index contributed by atoms with van der Waals surface area (Å²) in [7, 11) is 0. The van der Waals surface area contributed by atoms with E-state index < -0.39 is 11.2 Å². The van der Waals surface area contributed by atoms with Crippen molar-refractivity contribution < 1.29 is 4.79 Å². The molecule has 0 atom stereocenters. The third kappa shape index (κ3) is 3.64. The first-order valence-electron chi connectivity index (χ1n) is 9.45. The van der Waals surface area contributed by atoms with Crippen LogP contribution in [-0.4, -0.2) is 25.5 Å². The smallest absolute Gasteiger partial charge is 0.332 e. The van der Waals surface area contributed by atoms with Crippen LogP contribution < -0.4 is 16.6 Å². The minimum absolute atomic E-state index is 0.113. The van der Waals surface area contributed by atoms with E-state index in [4.69, 9.17) is 0 Å². The summed E-state index contributed by atoms with van der Waals surface area (Å²) in [5.74, 6) is -0.206. The van der Waals surface area contributed by atoms with Gasteiger partial charge in [0.2, 0.25) is 5.91 Å². The Bertz CT molecular complexity index is 1120. The first-order valence-corrected chi connectivity index (χ1v) is 10.3. The highest BCUT2D eigenvalue weighted by molar-refractivity contribution is 7.04. The molecule has 0 aliphatic heterocycles. The first-order chi connectivity index (χ1) is 13.5. The number of amides is 1. The number of rotatable bonds is 5. The maximum atomic E-state index is 13.1. The van der Waals surface area contributed by atoms with Gasteiger partial charge in [-0.25, -0.2) is 4.79 Å². The van der Waals surface area contributed by atoms with Crippen molar-refractivity contribution in [2.45, 2.75) is 51.7 Å². The SMILES string of the molecule is Cc1ccc(Cn2c(=O)c3nscc3n(CC(=O)NC3CCCC3)c2=O)cc1. The van der Waals surface area contributed by atoms with Crippen LogP contribution in [0.15, 0.2) is 39.2 Å². The van der Waals surface area contributed by atoms with Crippen molar-refractivity contribution in [2.24, 2.45) is 0 Å². The van der Waals surface area contributed by atoms with Gasteiger partial charge in [-0.1, -0.05) is 42.7 Å². The molecule has 4 rings (SSSR count). The van der Waals surface area contributed by atoms with Gasteiger partial charge in [-0.15, -0.1) is 0 Å². The lowest BCUT2D eigenvalue weighted by atomic mass is 10.1. The van der Waals surface area contributed by atoms with Gasteiger partial charge in [0.1, 0.15) is 6.54 Å². The van der Waals surface area contributed by atoms with E-state index in [1.807, 2.05) is 31.2 Å². The van der Waals surface area contributed by atoms with Gasteiger partial charge in [0.15, 0.2) is 5.52 Å². The molecule has 146 valence electrons. The Hall–Kier alpha value is -2.74. The van der Waals surface area contributed by atoms with Crippen molar-refractivity contribution >= 4 is 28.5 Å². The Morgan fingerprint density at radius 3 is 2.61 bits per heavy atom. The normalized spacial score (nSPS) is 14.6. The van der Waals surface area contributed by atoms with Gasteiger partial charge in [-0.2, -0.15) is 4.37 Å². The third-order valence-electron chi connectivity index (χ3n) is 5.23. The monoisotopic (exact) mass is 398 g/mol. The number of nitrogens with one attached hydrogen (secondary N) is 1. The van der Waals surface area contributed by atoms with Crippen LogP contribution in [-0.2, 0) is 17.9 Å². The number of fused-ring (bicyclic) bond motifs is 1. The highest BCUT2D eigenvalue weighted by Gasteiger charge is 2.20. The van der Waals surface area contributed by atoms with Gasteiger partial charge in [0, 0.05) is 11.4 Å². The molecule has 0 spiro atoms. The number of aromatic nitrogens is 3. The topological polar surface area (TPSA) is 86.0 Å². The summed E-state index contributed by atoms with van der Waals surface area (Å²) in [6.07, 6.45) is 4.18. The number of benzene rings is 1. The Labute approximate surface area is 165 Å². The molecule has 28 heavy (non-hydrogen) atoms. The molecule has 0 saturated heterocycles. The zero-order valence-corrected chi connectivity index (χ0v) is 16.5. The Balaban J connectivity index is 1.70. The fraction of sp³-hybridized carbons (Fsp3) is 0.400. The predicted octanol–water partition coefficient (Wildman–Crippen LogP) is 2.04. The fourth-order valence-corrected chi connectivity index (χ4v) is 4.36. The van der Waals surface area contributed by atoms with Gasteiger partial charge in [0.05, 0.1) is 12.1 Å². The number of aryl methyl sites for hydroxylation is 1. The van der Waals surface area contributed by atoms with Crippen LogP contribution in [0.1, 0.15) is 36.8 Å². The molecule has 1 aliphatic carbocycles. The molecule has 0 unspecified atom stereocenters. The number of hydrogen-bond acceptors (Lipinski definition) is 5. The standard InChI is InChI=1S/C20H22N4O3S/c1-13-6-8-14(9-7-13)10-24-19(26)18-16(12-28-22-18)23(20(24)27)11-17(25)21-15-4-2-3-5-15/h6-9,12,15H,2-5,10-11H2,1H3,(H,21,25). The predicted molar refractivity (Wildman–Crippen MR) is 109 cm³/mol. The summed E-state index contributed by atoms with van der Waals surface area (Å²) >= 11 is 1.11. The molecule has 0 radical (unpaired) electrons. The van der Waals surface area contributed by atoms with Crippen LogP contribution in [0, 0.1) is 6.92 Å². The molecule has 1 fully saturated rings. The van der Waals surface area contributed by atoms with Gasteiger partial charge in [0.25, 0.3) is 5.56 Å². The number of nitrogens with zero attached hydrogens (tertiary/aromatic N) is 3. The lowest BCUT2D eigenvalue weighted by Crippen LogP contribution is -2.43. The van der Waals surface area contributed by atoms with Gasteiger partial charge in [-0.05, 0) is 36.9 Å². The van der Waals surface area contributed by atoms with Gasteiger partial charge >= 0.3 is 5.69 Å². The largest absolute Gasteiger partial charge is 0.352 e. The van der Waals surface area contributed by atoms with Crippen LogP contribution in [0.4, 0.5) is 0 Å². The molecule has 1 N–H and O–H groups in total. The van der Waals surface area contributed by atoms with Gasteiger partial charge < -0.3 is 5.32 Å². The highest BCUT2D eigenvalue weighted by Crippen LogP contribution is 2.17. The third-order valence-corrected chi connectivity index (χ3v) is 5.85. The van der Waals surface area contributed by atoms with Crippen molar-refractivity contribution in [3.05, 3.63) is 61.6 Å². The van der Waals surface area contributed by atoms with E-state index in [2.05, 4.69) is 9.69 Å². The molecular formula is C20H22N4O3S. The maximum Gasteiger partial charge on any atom is 0.332 e. The van der Waals surface area contributed by atoms with Crippen LogP contribution in [0.3, 0.4) is 0 Å². The second-order valence-corrected chi connectivity index (χ2v) is 7.97. The van der Waals surface area contributed by atoms with E-state index in [1.54, 1.807) is 5.38 Å². The zero-order chi connectivity index (χ0) is 19.7. The molecule has 8 heteroatoms. The Morgan fingerprint density at radius 2 is 1.89 bits per heavy atom. The molecule has 1 saturated carbocycles. The molecule has 2 aromatic heterocycles. The average molecular weight is 398 g/mol. The van der Waals surface area contributed by atoms with E-state index in [0.29, 0.717) is 5.52 Å². The maximum absolute atomic E-state index is 13.1. The number of carbonyl (C=O) groups excluding carboxylic acids is 1. The fourth-order valence-electron chi connectivity index (χ4n) is 3.69. The Morgan fingerprint density at radius 1 is 1.18 bits per heavy atom. The molecule has 1 aromatic carbocycles. The van der Waals surface area contributed by atoms with Gasteiger partial charge in [-0.3, -0.25) is 18.7 Å². The quantitative estimate of drug-likeness (QED) is 0.713. The van der Waals surface area contributed by atoms with E-state index >= 15 is 0 Å². The Kier molecular flexibility index (Phi) is 5.13. The van der Waals surface area contributed by atoms with E-state index in [1.165, 1.54) is 4.57 Å². The minimum atomic E-state index is -0.486. The second kappa shape index (κ2) is 7.71. The van der Waals surface area contributed by atoms with Crippen molar-refractivity contribution in [3.8, 4) is 0 Å². The van der Waals surface area contributed by atoms with Crippen molar-refractivity contribution in [2.75, 3.05) is 0 Å². The van der Waals surface area contributed by atoms with E-state index in [9.17, 15) is 14.4 Å². The average Bonchev–Trinajstić information content (AvgIpc) is 3.36. The van der Waals surface area contributed by atoms with Crippen molar-refractivity contribution in [1.29, 1.82) is 0 Å². The molecule has 0 bridgehead atoms. The summed E-state index contributed by atoms with van der Waals surface area (Å²) in [5, 5.41) is 4.65. The molecule has 1 aliphatic rings. The van der Waals surface area contributed by atoms with Crippen LogP contribution in [0.25, 0.3) is 11.0 Å².